The minimum atomic E-state index is 0.436. The second-order valence-electron chi connectivity index (χ2n) is 2.99. The molecule has 14 heavy (non-hydrogen) atoms. The van der Waals surface area contributed by atoms with Crippen LogP contribution in [0.5, 0.6) is 5.75 Å². The molecule has 0 saturated heterocycles. The fourth-order valence-electron chi connectivity index (χ4n) is 1.04. The number of terminal acetylenes is 1. The van der Waals surface area contributed by atoms with E-state index >= 15 is 0 Å². The summed E-state index contributed by atoms with van der Waals surface area (Å²) in [7, 11) is 0. The van der Waals surface area contributed by atoms with Crippen molar-refractivity contribution >= 4 is 5.82 Å². The molecule has 1 aromatic heterocycles. The molecule has 0 radical (unpaired) electrons. The number of nitrogens with zero attached hydrogens (tertiary/aromatic N) is 1. The highest BCUT2D eigenvalue weighted by Gasteiger charge is 2.00. The zero-order valence-corrected chi connectivity index (χ0v) is 8.29. The summed E-state index contributed by atoms with van der Waals surface area (Å²) >= 11 is 0. The Hall–Kier alpha value is -1.69. The lowest BCUT2D eigenvalue weighted by molar-refractivity contribution is 0.313. The number of nitrogen functional groups attached to an aromatic ring is 1. The minimum absolute atomic E-state index is 0.436. The fraction of sp³-hybridized carbons (Fsp3) is 0.364. The molecule has 0 aromatic carbocycles. The largest absolute Gasteiger partial charge is 0.490 e. The SMILES string of the molecule is C#CCCCOc1ccc(C)nc1N. The second kappa shape index (κ2) is 5.13. The highest BCUT2D eigenvalue weighted by molar-refractivity contribution is 5.46. The van der Waals surface area contributed by atoms with Gasteiger partial charge in [0.15, 0.2) is 11.6 Å². The molecule has 0 saturated carbocycles. The van der Waals surface area contributed by atoms with Crippen LogP contribution in [-0.4, -0.2) is 11.6 Å². The van der Waals surface area contributed by atoms with Gasteiger partial charge in [-0.2, -0.15) is 0 Å². The Labute approximate surface area is 84.3 Å². The molecule has 3 nitrogen and oxygen atoms in total. The maximum absolute atomic E-state index is 5.66. The predicted octanol–water partition coefficient (Wildman–Crippen LogP) is 1.76. The van der Waals surface area contributed by atoms with Crippen molar-refractivity contribution in [1.82, 2.24) is 4.98 Å². The summed E-state index contributed by atoms with van der Waals surface area (Å²) in [6.45, 7) is 2.47. The van der Waals surface area contributed by atoms with E-state index in [2.05, 4.69) is 10.9 Å². The van der Waals surface area contributed by atoms with Gasteiger partial charge in [-0.15, -0.1) is 12.3 Å². The smallest absolute Gasteiger partial charge is 0.166 e. The first-order chi connectivity index (χ1) is 6.74. The van der Waals surface area contributed by atoms with E-state index in [0.29, 0.717) is 18.2 Å². The summed E-state index contributed by atoms with van der Waals surface area (Å²) in [6, 6.07) is 3.69. The average Bonchev–Trinajstić information content (AvgIpc) is 2.15. The lowest BCUT2D eigenvalue weighted by atomic mass is 10.3. The lowest BCUT2D eigenvalue weighted by Gasteiger charge is -2.07. The van der Waals surface area contributed by atoms with Crippen LogP contribution in [0.15, 0.2) is 12.1 Å². The molecule has 0 bridgehead atoms. The van der Waals surface area contributed by atoms with Crippen LogP contribution in [-0.2, 0) is 0 Å². The summed E-state index contributed by atoms with van der Waals surface area (Å²) < 4.78 is 5.41. The second-order valence-corrected chi connectivity index (χ2v) is 2.99. The van der Waals surface area contributed by atoms with Crippen LogP contribution in [0.2, 0.25) is 0 Å². The first kappa shape index (κ1) is 10.4. The van der Waals surface area contributed by atoms with Crippen molar-refractivity contribution in [3.63, 3.8) is 0 Å². The molecule has 0 aliphatic carbocycles. The van der Waals surface area contributed by atoms with E-state index in [-0.39, 0.29) is 0 Å². The van der Waals surface area contributed by atoms with E-state index in [1.54, 1.807) is 0 Å². The van der Waals surface area contributed by atoms with E-state index < -0.39 is 0 Å². The number of unbranched alkanes of at least 4 members (excludes halogenated alkanes) is 1. The van der Waals surface area contributed by atoms with Gasteiger partial charge in [-0.05, 0) is 25.5 Å². The van der Waals surface area contributed by atoms with Crippen LogP contribution in [0.25, 0.3) is 0 Å². The van der Waals surface area contributed by atoms with Gasteiger partial charge in [0.25, 0.3) is 0 Å². The Balaban J connectivity index is 2.47. The number of aromatic nitrogens is 1. The van der Waals surface area contributed by atoms with Crippen molar-refractivity contribution in [3.8, 4) is 18.1 Å². The Morgan fingerprint density at radius 3 is 3.00 bits per heavy atom. The first-order valence-electron chi connectivity index (χ1n) is 4.53. The van der Waals surface area contributed by atoms with E-state index in [1.165, 1.54) is 0 Å². The molecule has 0 spiro atoms. The lowest BCUT2D eigenvalue weighted by Crippen LogP contribution is -2.02. The van der Waals surface area contributed by atoms with Gasteiger partial charge in [-0.3, -0.25) is 0 Å². The molecule has 0 atom stereocenters. The van der Waals surface area contributed by atoms with Gasteiger partial charge in [0.2, 0.25) is 0 Å². The molecule has 2 N–H and O–H groups in total. The molecule has 0 fully saturated rings. The molecule has 0 aliphatic rings. The van der Waals surface area contributed by atoms with Gasteiger partial charge in [0.1, 0.15) is 0 Å². The number of nitrogens with two attached hydrogens (primary N) is 1. The minimum Gasteiger partial charge on any atom is -0.490 e. The summed E-state index contributed by atoms with van der Waals surface area (Å²) in [5.41, 5.74) is 6.55. The van der Waals surface area contributed by atoms with Gasteiger partial charge in [-0.25, -0.2) is 4.98 Å². The van der Waals surface area contributed by atoms with Crippen molar-refractivity contribution in [2.75, 3.05) is 12.3 Å². The molecule has 1 rings (SSSR count). The third kappa shape index (κ3) is 2.98. The molecule has 3 heteroatoms. The van der Waals surface area contributed by atoms with E-state index in [0.717, 1.165) is 18.5 Å². The number of aryl methyl sites for hydroxylation is 1. The third-order valence-corrected chi connectivity index (χ3v) is 1.75. The van der Waals surface area contributed by atoms with Gasteiger partial charge >= 0.3 is 0 Å². The quantitative estimate of drug-likeness (QED) is 0.581. The summed E-state index contributed by atoms with van der Waals surface area (Å²) in [5.74, 6) is 3.62. The van der Waals surface area contributed by atoms with Crippen LogP contribution in [0.4, 0.5) is 5.82 Å². The summed E-state index contributed by atoms with van der Waals surface area (Å²) in [6.07, 6.45) is 6.67. The van der Waals surface area contributed by atoms with Crippen molar-refractivity contribution in [2.24, 2.45) is 0 Å². The van der Waals surface area contributed by atoms with Crippen LogP contribution >= 0.6 is 0 Å². The standard InChI is InChI=1S/C11H14N2O/c1-3-4-5-8-14-10-7-6-9(2)13-11(10)12/h1,6-7H,4-5,8H2,2H3,(H2,12,13). The molecule has 1 aromatic rings. The summed E-state index contributed by atoms with van der Waals surface area (Å²) in [5, 5.41) is 0. The normalized spacial score (nSPS) is 9.43. The zero-order valence-electron chi connectivity index (χ0n) is 8.29. The first-order valence-corrected chi connectivity index (χ1v) is 4.53. The maximum atomic E-state index is 5.66. The average molecular weight is 190 g/mol. The van der Waals surface area contributed by atoms with E-state index in [4.69, 9.17) is 16.9 Å². The number of hydrogen-bond donors (Lipinski definition) is 1. The van der Waals surface area contributed by atoms with Crippen LogP contribution in [0.1, 0.15) is 18.5 Å². The Morgan fingerprint density at radius 2 is 2.36 bits per heavy atom. The van der Waals surface area contributed by atoms with Crippen LogP contribution in [0.3, 0.4) is 0 Å². The topological polar surface area (TPSA) is 48.1 Å². The van der Waals surface area contributed by atoms with Crippen molar-refractivity contribution in [2.45, 2.75) is 19.8 Å². The van der Waals surface area contributed by atoms with Crippen LogP contribution < -0.4 is 10.5 Å². The third-order valence-electron chi connectivity index (χ3n) is 1.75. The summed E-state index contributed by atoms with van der Waals surface area (Å²) in [4.78, 5) is 4.08. The van der Waals surface area contributed by atoms with Gasteiger partial charge in [0.05, 0.1) is 6.61 Å². The Bertz CT molecular complexity index is 342. The Morgan fingerprint density at radius 1 is 1.57 bits per heavy atom. The molecular formula is C11H14N2O. The van der Waals surface area contributed by atoms with Crippen molar-refractivity contribution in [1.29, 1.82) is 0 Å². The highest BCUT2D eigenvalue weighted by atomic mass is 16.5. The number of pyridine rings is 1. The van der Waals surface area contributed by atoms with E-state index in [9.17, 15) is 0 Å². The monoisotopic (exact) mass is 190 g/mol. The molecule has 0 unspecified atom stereocenters. The number of ether oxygens (including phenoxy) is 1. The molecule has 0 amide bonds. The molecular weight excluding hydrogens is 176 g/mol. The van der Waals surface area contributed by atoms with Gasteiger partial charge in [0, 0.05) is 12.1 Å². The Kier molecular flexibility index (Phi) is 3.81. The number of hydrogen-bond acceptors (Lipinski definition) is 3. The van der Waals surface area contributed by atoms with Crippen molar-refractivity contribution < 1.29 is 4.74 Å². The zero-order chi connectivity index (χ0) is 10.4. The number of rotatable bonds is 4. The van der Waals surface area contributed by atoms with E-state index in [1.807, 2.05) is 19.1 Å². The van der Waals surface area contributed by atoms with Gasteiger partial charge in [-0.1, -0.05) is 0 Å². The van der Waals surface area contributed by atoms with Crippen molar-refractivity contribution in [3.05, 3.63) is 17.8 Å². The van der Waals surface area contributed by atoms with Gasteiger partial charge < -0.3 is 10.5 Å². The fourth-order valence-corrected chi connectivity index (χ4v) is 1.04. The van der Waals surface area contributed by atoms with Crippen LogP contribution in [0, 0.1) is 19.3 Å². The molecule has 74 valence electrons. The maximum Gasteiger partial charge on any atom is 0.166 e. The molecule has 0 aliphatic heterocycles. The molecule has 1 heterocycles. The number of anilines is 1. The highest BCUT2D eigenvalue weighted by Crippen LogP contribution is 2.18. The predicted molar refractivity (Wildman–Crippen MR) is 56.9 cm³/mol.